The number of carbonyl (C=O) groups excluding carboxylic acids is 2. The van der Waals surface area contributed by atoms with Gasteiger partial charge in [-0.3, -0.25) is 10.1 Å². The molecule has 3 rings (SSSR count). The van der Waals surface area contributed by atoms with E-state index in [1.165, 1.54) is 5.56 Å². The average molecular weight is 438 g/mol. The summed E-state index contributed by atoms with van der Waals surface area (Å²) in [6, 6.07) is 16.2. The second-order valence-corrected chi connectivity index (χ2v) is 9.51. The van der Waals surface area contributed by atoms with E-state index in [-0.39, 0.29) is 11.4 Å². The summed E-state index contributed by atoms with van der Waals surface area (Å²) in [5, 5.41) is 2.93. The van der Waals surface area contributed by atoms with Crippen LogP contribution in [0.25, 0.3) is 11.1 Å². The number of rotatable bonds is 7. The lowest BCUT2D eigenvalue weighted by Gasteiger charge is -2.32. The quantitative estimate of drug-likeness (QED) is 0.481. The van der Waals surface area contributed by atoms with Crippen molar-refractivity contribution >= 4 is 17.7 Å². The summed E-state index contributed by atoms with van der Waals surface area (Å²) in [5.41, 5.74) is 3.36. The van der Waals surface area contributed by atoms with Gasteiger partial charge in [-0.25, -0.2) is 4.79 Å². The van der Waals surface area contributed by atoms with E-state index in [4.69, 9.17) is 9.47 Å². The Labute approximate surface area is 191 Å². The van der Waals surface area contributed by atoms with Crippen LogP contribution >= 0.6 is 0 Å². The molecule has 5 nitrogen and oxygen atoms in total. The van der Waals surface area contributed by atoms with E-state index in [1.54, 1.807) is 0 Å². The minimum Gasteiger partial charge on any atom is -0.466 e. The Balaban J connectivity index is 1.96. The minimum absolute atomic E-state index is 0.0671. The molecule has 0 saturated heterocycles. The number of amides is 1. The lowest BCUT2D eigenvalue weighted by molar-refractivity contribution is -0.143. The van der Waals surface area contributed by atoms with Gasteiger partial charge in [-0.2, -0.15) is 0 Å². The number of ether oxygens (including phenoxy) is 2. The maximum Gasteiger partial charge on any atom is 0.412 e. The molecule has 0 atom stereocenters. The Bertz CT molecular complexity index is 939. The van der Waals surface area contributed by atoms with Crippen molar-refractivity contribution in [1.82, 2.24) is 0 Å². The second-order valence-electron chi connectivity index (χ2n) is 9.51. The van der Waals surface area contributed by atoms with Crippen molar-refractivity contribution in [3.63, 3.8) is 0 Å². The van der Waals surface area contributed by atoms with Crippen molar-refractivity contribution < 1.29 is 19.1 Å². The Morgan fingerprint density at radius 2 is 1.59 bits per heavy atom. The van der Waals surface area contributed by atoms with E-state index in [2.05, 4.69) is 23.5 Å². The van der Waals surface area contributed by atoms with Gasteiger partial charge in [0.05, 0.1) is 12.3 Å². The predicted molar refractivity (Wildman–Crippen MR) is 128 cm³/mol. The van der Waals surface area contributed by atoms with E-state index in [9.17, 15) is 9.59 Å². The molecule has 1 saturated carbocycles. The summed E-state index contributed by atoms with van der Waals surface area (Å²) < 4.78 is 10.7. The van der Waals surface area contributed by atoms with Crippen molar-refractivity contribution in [3.05, 3.63) is 54.1 Å². The zero-order valence-corrected chi connectivity index (χ0v) is 19.7. The third-order valence-corrected chi connectivity index (χ3v) is 6.02. The lowest BCUT2D eigenvalue weighted by atomic mass is 9.72. The van der Waals surface area contributed by atoms with Gasteiger partial charge in [0.2, 0.25) is 0 Å². The predicted octanol–water partition coefficient (Wildman–Crippen LogP) is 6.86. The number of anilines is 1. The van der Waals surface area contributed by atoms with E-state index in [1.807, 2.05) is 58.0 Å². The molecule has 172 valence electrons. The Morgan fingerprint density at radius 3 is 2.25 bits per heavy atom. The normalized spacial score (nSPS) is 15.2. The first-order valence-electron chi connectivity index (χ1n) is 11.6. The molecule has 1 aliphatic carbocycles. The molecule has 0 bridgehead atoms. The van der Waals surface area contributed by atoms with Crippen molar-refractivity contribution in [3.8, 4) is 11.1 Å². The molecule has 2 aromatic carbocycles. The van der Waals surface area contributed by atoms with Crippen molar-refractivity contribution in [1.29, 1.82) is 0 Å². The highest BCUT2D eigenvalue weighted by molar-refractivity contribution is 5.92. The number of benzene rings is 2. The zero-order valence-electron chi connectivity index (χ0n) is 19.7. The van der Waals surface area contributed by atoms with Crippen LogP contribution in [0.4, 0.5) is 10.5 Å². The third-order valence-electron chi connectivity index (χ3n) is 6.02. The molecule has 0 radical (unpaired) electrons. The molecule has 1 aliphatic rings. The fraction of sp³-hybridized carbons (Fsp3) is 0.481. The summed E-state index contributed by atoms with van der Waals surface area (Å²) in [6.07, 6.45) is 5.10. The van der Waals surface area contributed by atoms with Crippen LogP contribution in [0.2, 0.25) is 0 Å². The highest BCUT2D eigenvalue weighted by Gasteiger charge is 2.37. The summed E-state index contributed by atoms with van der Waals surface area (Å²) >= 11 is 0. The van der Waals surface area contributed by atoms with Crippen LogP contribution in [0.3, 0.4) is 0 Å². The summed E-state index contributed by atoms with van der Waals surface area (Å²) in [7, 11) is 0. The summed E-state index contributed by atoms with van der Waals surface area (Å²) in [4.78, 5) is 24.6. The largest absolute Gasteiger partial charge is 0.466 e. The van der Waals surface area contributed by atoms with Gasteiger partial charge in [0.15, 0.2) is 0 Å². The third kappa shape index (κ3) is 5.90. The van der Waals surface area contributed by atoms with Gasteiger partial charge < -0.3 is 9.47 Å². The first-order chi connectivity index (χ1) is 15.2. The first kappa shape index (κ1) is 23.8. The molecule has 0 spiro atoms. The SMILES string of the molecule is CCOC(=O)CCC1(c2ccccc2-c2ccccc2NC(=O)OC(C)(C)C)CCCC1. The van der Waals surface area contributed by atoms with E-state index in [0.29, 0.717) is 18.7 Å². The van der Waals surface area contributed by atoms with Crippen LogP contribution < -0.4 is 5.32 Å². The van der Waals surface area contributed by atoms with E-state index >= 15 is 0 Å². The topological polar surface area (TPSA) is 64.6 Å². The molecule has 1 N–H and O–H groups in total. The molecule has 32 heavy (non-hydrogen) atoms. The van der Waals surface area contributed by atoms with Gasteiger partial charge in [0.25, 0.3) is 0 Å². The van der Waals surface area contributed by atoms with Crippen LogP contribution in [0.15, 0.2) is 48.5 Å². The number of para-hydroxylation sites is 1. The fourth-order valence-corrected chi connectivity index (χ4v) is 4.70. The van der Waals surface area contributed by atoms with Crippen LogP contribution in [0.5, 0.6) is 0 Å². The molecular formula is C27H35NO4. The fourth-order valence-electron chi connectivity index (χ4n) is 4.70. The average Bonchev–Trinajstić information content (AvgIpc) is 3.22. The Hall–Kier alpha value is -2.82. The Kier molecular flexibility index (Phi) is 7.60. The number of hydrogen-bond acceptors (Lipinski definition) is 4. The number of carbonyl (C=O) groups is 2. The molecule has 0 aromatic heterocycles. The number of hydrogen-bond donors (Lipinski definition) is 1. The van der Waals surface area contributed by atoms with Gasteiger partial charge in [-0.05, 0) is 69.6 Å². The maximum absolute atomic E-state index is 12.5. The van der Waals surface area contributed by atoms with Gasteiger partial charge in [0, 0.05) is 12.0 Å². The molecular weight excluding hydrogens is 402 g/mol. The monoisotopic (exact) mass is 437 g/mol. The van der Waals surface area contributed by atoms with Crippen LogP contribution in [0, 0.1) is 0 Å². The molecule has 2 aromatic rings. The molecule has 1 fully saturated rings. The summed E-state index contributed by atoms with van der Waals surface area (Å²) in [5.74, 6) is -0.136. The maximum atomic E-state index is 12.5. The summed E-state index contributed by atoms with van der Waals surface area (Å²) in [6.45, 7) is 7.79. The first-order valence-corrected chi connectivity index (χ1v) is 11.6. The van der Waals surface area contributed by atoms with E-state index in [0.717, 1.165) is 43.2 Å². The highest BCUT2D eigenvalue weighted by Crippen LogP contribution is 2.48. The Morgan fingerprint density at radius 1 is 0.969 bits per heavy atom. The molecule has 5 heteroatoms. The van der Waals surface area contributed by atoms with Gasteiger partial charge in [0.1, 0.15) is 5.60 Å². The lowest BCUT2D eigenvalue weighted by Crippen LogP contribution is -2.27. The van der Waals surface area contributed by atoms with Gasteiger partial charge in [-0.1, -0.05) is 55.3 Å². The van der Waals surface area contributed by atoms with Crippen LogP contribution in [0.1, 0.15) is 71.8 Å². The van der Waals surface area contributed by atoms with Crippen LogP contribution in [-0.4, -0.2) is 24.3 Å². The van der Waals surface area contributed by atoms with Gasteiger partial charge in [-0.15, -0.1) is 0 Å². The van der Waals surface area contributed by atoms with Gasteiger partial charge >= 0.3 is 12.1 Å². The molecule has 0 unspecified atom stereocenters. The zero-order chi connectivity index (χ0) is 23.2. The molecule has 0 aliphatic heterocycles. The second kappa shape index (κ2) is 10.2. The number of nitrogens with one attached hydrogen (secondary N) is 1. The van der Waals surface area contributed by atoms with Crippen molar-refractivity contribution in [2.45, 2.75) is 77.2 Å². The number of esters is 1. The standard InChI is InChI=1S/C27H35NO4/c1-5-31-24(29)16-19-27(17-10-11-18-27)22-14-8-6-12-20(22)21-13-7-9-15-23(21)28-25(30)32-26(2,3)4/h6-9,12-15H,5,10-11,16-19H2,1-4H3,(H,28,30). The molecule has 0 heterocycles. The minimum atomic E-state index is -0.571. The molecule has 1 amide bonds. The smallest absolute Gasteiger partial charge is 0.412 e. The van der Waals surface area contributed by atoms with Crippen molar-refractivity contribution in [2.24, 2.45) is 0 Å². The highest BCUT2D eigenvalue weighted by atomic mass is 16.6. The van der Waals surface area contributed by atoms with Crippen molar-refractivity contribution in [2.75, 3.05) is 11.9 Å². The van der Waals surface area contributed by atoms with E-state index < -0.39 is 11.7 Å². The van der Waals surface area contributed by atoms with Crippen LogP contribution in [-0.2, 0) is 19.7 Å².